The second-order valence-electron chi connectivity index (χ2n) is 4.83. The van der Waals surface area contributed by atoms with Gasteiger partial charge in [-0.2, -0.15) is 4.98 Å². The summed E-state index contributed by atoms with van der Waals surface area (Å²) in [5, 5.41) is 0. The number of hydrogen-bond donors (Lipinski definition) is 2. The number of carbonyl (C=O) groups excluding carboxylic acids is 1. The Balaban J connectivity index is 2.16. The number of amides is 1. The highest BCUT2D eigenvalue weighted by atomic mass is 16.5. The van der Waals surface area contributed by atoms with Crippen LogP contribution in [0.1, 0.15) is 17.3 Å². The number of carbonyl (C=O) groups is 1. The molecule has 0 saturated heterocycles. The average Bonchev–Trinajstić information content (AvgIpc) is 2.55. The van der Waals surface area contributed by atoms with Crippen LogP contribution in [0.5, 0.6) is 5.88 Å². The first-order valence-corrected chi connectivity index (χ1v) is 7.06. The third-order valence-corrected chi connectivity index (χ3v) is 3.25. The monoisotopic (exact) mass is 309 g/mol. The summed E-state index contributed by atoms with van der Waals surface area (Å²) in [4.78, 5) is 24.1. The molecule has 116 valence electrons. The van der Waals surface area contributed by atoms with Gasteiger partial charge in [-0.3, -0.25) is 4.79 Å². The molecule has 1 amide bonds. The molecule has 0 unspecified atom stereocenters. The van der Waals surface area contributed by atoms with Crippen LogP contribution in [0.4, 0.5) is 5.95 Å². The second-order valence-corrected chi connectivity index (χ2v) is 4.83. The minimum absolute atomic E-state index is 0.131. The minimum atomic E-state index is -0.487. The van der Waals surface area contributed by atoms with Gasteiger partial charge in [-0.25, -0.2) is 9.97 Å². The number of fused-ring (bicyclic) bond motifs is 1. The number of benzene rings is 1. The van der Waals surface area contributed by atoms with E-state index in [2.05, 4.69) is 15.0 Å². The lowest BCUT2D eigenvalue weighted by atomic mass is 10.1. The molecule has 4 N–H and O–H groups in total. The van der Waals surface area contributed by atoms with Crippen LogP contribution in [0.25, 0.3) is 22.3 Å². The summed E-state index contributed by atoms with van der Waals surface area (Å²) in [6.45, 7) is 2.29. The summed E-state index contributed by atoms with van der Waals surface area (Å²) < 4.78 is 5.49. The molecule has 0 aliphatic rings. The van der Waals surface area contributed by atoms with E-state index in [1.165, 1.54) is 0 Å². The molecule has 1 aromatic carbocycles. The van der Waals surface area contributed by atoms with Gasteiger partial charge in [0.1, 0.15) is 0 Å². The fourth-order valence-corrected chi connectivity index (χ4v) is 2.23. The number of aromatic nitrogens is 3. The molecule has 0 saturated carbocycles. The van der Waals surface area contributed by atoms with Crippen molar-refractivity contribution in [3.8, 4) is 17.1 Å². The van der Waals surface area contributed by atoms with Gasteiger partial charge in [0.2, 0.25) is 17.7 Å². The van der Waals surface area contributed by atoms with E-state index in [-0.39, 0.29) is 5.95 Å². The average molecular weight is 309 g/mol. The first-order chi connectivity index (χ1) is 11.1. The van der Waals surface area contributed by atoms with Gasteiger partial charge in [0, 0.05) is 11.1 Å². The van der Waals surface area contributed by atoms with E-state index in [4.69, 9.17) is 16.2 Å². The van der Waals surface area contributed by atoms with Crippen molar-refractivity contribution in [1.29, 1.82) is 0 Å². The van der Waals surface area contributed by atoms with Crippen LogP contribution >= 0.6 is 0 Å². The number of nitrogens with zero attached hydrogens (tertiary/aromatic N) is 3. The van der Waals surface area contributed by atoms with Gasteiger partial charge in [-0.1, -0.05) is 12.1 Å². The quantitative estimate of drug-likeness (QED) is 0.758. The molecular weight excluding hydrogens is 294 g/mol. The summed E-state index contributed by atoms with van der Waals surface area (Å²) in [5.41, 5.74) is 14.0. The third-order valence-electron chi connectivity index (χ3n) is 3.25. The van der Waals surface area contributed by atoms with E-state index in [1.54, 1.807) is 30.3 Å². The Morgan fingerprint density at radius 1 is 1.17 bits per heavy atom. The largest absolute Gasteiger partial charge is 0.476 e. The molecule has 2 heterocycles. The second kappa shape index (κ2) is 5.88. The van der Waals surface area contributed by atoms with Crippen LogP contribution in [-0.4, -0.2) is 27.5 Å². The number of ether oxygens (including phenoxy) is 1. The molecule has 0 fully saturated rings. The Morgan fingerprint density at radius 3 is 2.74 bits per heavy atom. The SMILES string of the molecule is CCOc1nc(N)nc2ccc(-c3cccc(C(N)=O)c3)nc12. The maximum Gasteiger partial charge on any atom is 0.248 e. The smallest absolute Gasteiger partial charge is 0.248 e. The number of primary amides is 1. The number of anilines is 1. The van der Waals surface area contributed by atoms with E-state index < -0.39 is 5.91 Å². The fourth-order valence-electron chi connectivity index (χ4n) is 2.23. The molecule has 23 heavy (non-hydrogen) atoms. The Morgan fingerprint density at radius 2 is 2.00 bits per heavy atom. The molecule has 0 aliphatic carbocycles. The first-order valence-electron chi connectivity index (χ1n) is 7.06. The van der Waals surface area contributed by atoms with Gasteiger partial charge >= 0.3 is 0 Å². The molecule has 0 radical (unpaired) electrons. The number of nitrogen functional groups attached to an aromatic ring is 1. The van der Waals surface area contributed by atoms with Gasteiger partial charge in [0.05, 0.1) is 17.8 Å². The Kier molecular flexibility index (Phi) is 3.76. The van der Waals surface area contributed by atoms with E-state index >= 15 is 0 Å². The van der Waals surface area contributed by atoms with Crippen molar-refractivity contribution in [2.24, 2.45) is 5.73 Å². The van der Waals surface area contributed by atoms with E-state index in [1.807, 2.05) is 13.0 Å². The normalized spacial score (nSPS) is 10.7. The highest BCUT2D eigenvalue weighted by Crippen LogP contribution is 2.26. The van der Waals surface area contributed by atoms with Gasteiger partial charge in [-0.05, 0) is 31.2 Å². The van der Waals surface area contributed by atoms with Crippen molar-refractivity contribution in [2.45, 2.75) is 6.92 Å². The zero-order valence-electron chi connectivity index (χ0n) is 12.5. The zero-order valence-corrected chi connectivity index (χ0v) is 12.5. The zero-order chi connectivity index (χ0) is 16.4. The van der Waals surface area contributed by atoms with Gasteiger partial charge in [0.15, 0.2) is 5.52 Å². The van der Waals surface area contributed by atoms with Gasteiger partial charge in [0.25, 0.3) is 0 Å². The Hall–Kier alpha value is -3.22. The highest BCUT2D eigenvalue weighted by molar-refractivity contribution is 5.94. The number of pyridine rings is 1. The van der Waals surface area contributed by atoms with Crippen molar-refractivity contribution < 1.29 is 9.53 Å². The lowest BCUT2D eigenvalue weighted by Gasteiger charge is -2.08. The molecule has 0 aliphatic heterocycles. The summed E-state index contributed by atoms with van der Waals surface area (Å²) in [7, 11) is 0. The van der Waals surface area contributed by atoms with Gasteiger partial charge in [-0.15, -0.1) is 0 Å². The minimum Gasteiger partial charge on any atom is -0.476 e. The predicted molar refractivity (Wildman–Crippen MR) is 86.9 cm³/mol. The van der Waals surface area contributed by atoms with E-state index in [9.17, 15) is 4.79 Å². The van der Waals surface area contributed by atoms with Crippen LogP contribution in [-0.2, 0) is 0 Å². The van der Waals surface area contributed by atoms with Crippen molar-refractivity contribution in [2.75, 3.05) is 12.3 Å². The summed E-state index contributed by atoms with van der Waals surface area (Å²) in [6, 6.07) is 10.5. The van der Waals surface area contributed by atoms with Crippen LogP contribution < -0.4 is 16.2 Å². The van der Waals surface area contributed by atoms with Crippen molar-refractivity contribution in [3.63, 3.8) is 0 Å². The number of rotatable bonds is 4. The van der Waals surface area contributed by atoms with Crippen LogP contribution in [0, 0.1) is 0 Å². The van der Waals surface area contributed by atoms with Gasteiger partial charge < -0.3 is 16.2 Å². The highest BCUT2D eigenvalue weighted by Gasteiger charge is 2.11. The molecule has 2 aromatic heterocycles. The first kappa shape index (κ1) is 14.7. The standard InChI is InChI=1S/C16H15N5O2/c1-2-23-15-13-12(20-16(18)21-15)7-6-11(19-13)9-4-3-5-10(8-9)14(17)22/h3-8H,2H2,1H3,(H2,17,22)(H2,18,20,21). The molecule has 0 bridgehead atoms. The fraction of sp³-hybridized carbons (Fsp3) is 0.125. The predicted octanol–water partition coefficient (Wildman–Crippen LogP) is 1.77. The lowest BCUT2D eigenvalue weighted by molar-refractivity contribution is 0.100. The Labute approximate surface area is 132 Å². The van der Waals surface area contributed by atoms with Crippen molar-refractivity contribution in [1.82, 2.24) is 15.0 Å². The topological polar surface area (TPSA) is 117 Å². The number of hydrogen-bond acceptors (Lipinski definition) is 6. The summed E-state index contributed by atoms with van der Waals surface area (Å²) in [5.74, 6) is -0.0205. The molecule has 7 heteroatoms. The molecular formula is C16H15N5O2. The van der Waals surface area contributed by atoms with Crippen molar-refractivity contribution in [3.05, 3.63) is 42.0 Å². The molecule has 3 aromatic rings. The summed E-state index contributed by atoms with van der Waals surface area (Å²) >= 11 is 0. The van der Waals surface area contributed by atoms with Crippen LogP contribution in [0.2, 0.25) is 0 Å². The Bertz CT molecular complexity index is 895. The molecule has 3 rings (SSSR count). The van der Waals surface area contributed by atoms with E-state index in [0.717, 1.165) is 5.56 Å². The van der Waals surface area contributed by atoms with Crippen LogP contribution in [0.3, 0.4) is 0 Å². The van der Waals surface area contributed by atoms with E-state index in [0.29, 0.717) is 34.8 Å². The van der Waals surface area contributed by atoms with Crippen LogP contribution in [0.15, 0.2) is 36.4 Å². The number of nitrogens with two attached hydrogens (primary N) is 2. The molecule has 0 atom stereocenters. The summed E-state index contributed by atoms with van der Waals surface area (Å²) in [6.07, 6.45) is 0. The maximum atomic E-state index is 11.3. The van der Waals surface area contributed by atoms with Crippen molar-refractivity contribution >= 4 is 22.9 Å². The molecule has 7 nitrogen and oxygen atoms in total. The maximum absolute atomic E-state index is 11.3. The molecule has 0 spiro atoms. The third kappa shape index (κ3) is 2.89. The lowest BCUT2D eigenvalue weighted by Crippen LogP contribution is -2.10.